The van der Waals surface area contributed by atoms with Crippen LogP contribution < -0.4 is 11.3 Å². The number of aryl methyl sites for hydroxylation is 2. The smallest absolute Gasteiger partial charge is 0.0624 e. The van der Waals surface area contributed by atoms with Crippen molar-refractivity contribution >= 4 is 0 Å². The second kappa shape index (κ2) is 4.97. The second-order valence-electron chi connectivity index (χ2n) is 4.77. The largest absolute Gasteiger partial charge is 0.272 e. The zero-order valence-electron chi connectivity index (χ0n) is 10.2. The first kappa shape index (κ1) is 11.6. The van der Waals surface area contributed by atoms with Crippen LogP contribution in [-0.2, 0) is 19.9 Å². The van der Waals surface area contributed by atoms with E-state index in [1.54, 1.807) is 0 Å². The number of hydrogen-bond acceptors (Lipinski definition) is 3. The second-order valence-corrected chi connectivity index (χ2v) is 4.77. The Morgan fingerprint density at radius 1 is 1.62 bits per heavy atom. The molecule has 0 aliphatic heterocycles. The third-order valence-electron chi connectivity index (χ3n) is 3.75. The summed E-state index contributed by atoms with van der Waals surface area (Å²) < 4.78 is 1.99. The maximum Gasteiger partial charge on any atom is 0.0624 e. The predicted molar refractivity (Wildman–Crippen MR) is 64.7 cm³/mol. The maximum absolute atomic E-state index is 5.64. The Hall–Kier alpha value is -0.870. The van der Waals surface area contributed by atoms with Crippen LogP contribution >= 0.6 is 0 Å². The molecule has 1 unspecified atom stereocenters. The first-order chi connectivity index (χ1) is 7.74. The molecule has 0 aromatic carbocycles. The van der Waals surface area contributed by atoms with E-state index in [2.05, 4.69) is 23.5 Å². The lowest BCUT2D eigenvalue weighted by Gasteiger charge is -2.33. The van der Waals surface area contributed by atoms with Gasteiger partial charge in [-0.05, 0) is 31.2 Å². The first-order valence-corrected chi connectivity index (χ1v) is 6.22. The van der Waals surface area contributed by atoms with Gasteiger partial charge >= 0.3 is 0 Å². The molecule has 3 N–H and O–H groups in total. The Morgan fingerprint density at radius 3 is 2.81 bits per heavy atom. The molecule has 2 rings (SSSR count). The van der Waals surface area contributed by atoms with Gasteiger partial charge < -0.3 is 0 Å². The standard InChI is InChI=1S/C12H22N4/c1-3-10-7-11(16(2)15-10)8-12(14-13)9-5-4-6-9/h7,9,12,14H,3-6,8,13H2,1-2H3. The fourth-order valence-corrected chi connectivity index (χ4v) is 2.36. The topological polar surface area (TPSA) is 55.9 Å². The van der Waals surface area contributed by atoms with Crippen molar-refractivity contribution in [2.45, 2.75) is 45.1 Å². The number of nitrogens with two attached hydrogens (primary N) is 1. The highest BCUT2D eigenvalue weighted by molar-refractivity contribution is 5.12. The molecule has 1 atom stereocenters. The minimum Gasteiger partial charge on any atom is -0.272 e. The summed E-state index contributed by atoms with van der Waals surface area (Å²) in [5, 5.41) is 4.47. The van der Waals surface area contributed by atoms with Gasteiger partial charge in [-0.15, -0.1) is 0 Å². The molecular formula is C12H22N4. The Kier molecular flexibility index (Phi) is 3.61. The van der Waals surface area contributed by atoms with Gasteiger partial charge in [-0.3, -0.25) is 16.0 Å². The highest BCUT2D eigenvalue weighted by atomic mass is 15.3. The van der Waals surface area contributed by atoms with Gasteiger partial charge in [0.25, 0.3) is 0 Å². The molecule has 1 aromatic rings. The normalized spacial score (nSPS) is 18.4. The van der Waals surface area contributed by atoms with E-state index in [4.69, 9.17) is 5.84 Å². The molecule has 1 saturated carbocycles. The van der Waals surface area contributed by atoms with E-state index in [0.29, 0.717) is 6.04 Å². The molecule has 90 valence electrons. The molecule has 0 radical (unpaired) electrons. The average Bonchev–Trinajstić information content (AvgIpc) is 2.56. The third kappa shape index (κ3) is 2.28. The van der Waals surface area contributed by atoms with Crippen LogP contribution in [0.15, 0.2) is 6.07 Å². The lowest BCUT2D eigenvalue weighted by Crippen LogP contribution is -2.45. The van der Waals surface area contributed by atoms with Gasteiger partial charge in [0, 0.05) is 25.2 Å². The summed E-state index contributed by atoms with van der Waals surface area (Å²) in [5.41, 5.74) is 5.42. The van der Waals surface area contributed by atoms with E-state index in [1.165, 1.54) is 30.7 Å². The lowest BCUT2D eigenvalue weighted by atomic mass is 9.78. The Bertz CT molecular complexity index is 341. The van der Waals surface area contributed by atoms with Crippen LogP contribution in [0.1, 0.15) is 37.6 Å². The van der Waals surface area contributed by atoms with Crippen molar-refractivity contribution in [3.63, 3.8) is 0 Å². The summed E-state index contributed by atoms with van der Waals surface area (Å²) in [6.07, 6.45) is 5.97. The van der Waals surface area contributed by atoms with E-state index in [-0.39, 0.29) is 0 Å². The SMILES string of the molecule is CCc1cc(CC(NN)C2CCC2)n(C)n1. The number of hydrazine groups is 1. The highest BCUT2D eigenvalue weighted by Crippen LogP contribution is 2.30. The maximum atomic E-state index is 5.64. The van der Waals surface area contributed by atoms with E-state index >= 15 is 0 Å². The summed E-state index contributed by atoms with van der Waals surface area (Å²) in [6.45, 7) is 2.14. The molecule has 16 heavy (non-hydrogen) atoms. The van der Waals surface area contributed by atoms with Gasteiger partial charge in [0.15, 0.2) is 0 Å². The minimum atomic E-state index is 0.411. The number of rotatable bonds is 5. The summed E-state index contributed by atoms with van der Waals surface area (Å²) in [5.74, 6) is 6.40. The fraction of sp³-hybridized carbons (Fsp3) is 0.750. The van der Waals surface area contributed by atoms with Crippen LogP contribution in [0.4, 0.5) is 0 Å². The average molecular weight is 222 g/mol. The zero-order chi connectivity index (χ0) is 11.5. The van der Waals surface area contributed by atoms with E-state index < -0.39 is 0 Å². The van der Waals surface area contributed by atoms with E-state index in [9.17, 15) is 0 Å². The lowest BCUT2D eigenvalue weighted by molar-refractivity contribution is 0.226. The summed E-state index contributed by atoms with van der Waals surface area (Å²) in [6, 6.07) is 2.61. The molecule has 1 fully saturated rings. The van der Waals surface area contributed by atoms with Crippen molar-refractivity contribution in [1.82, 2.24) is 15.2 Å². The van der Waals surface area contributed by atoms with Gasteiger partial charge in [-0.25, -0.2) is 0 Å². The minimum absolute atomic E-state index is 0.411. The highest BCUT2D eigenvalue weighted by Gasteiger charge is 2.27. The van der Waals surface area contributed by atoms with Crippen molar-refractivity contribution in [2.75, 3.05) is 0 Å². The van der Waals surface area contributed by atoms with E-state index in [0.717, 1.165) is 18.8 Å². The van der Waals surface area contributed by atoms with Gasteiger partial charge in [0.2, 0.25) is 0 Å². The first-order valence-electron chi connectivity index (χ1n) is 6.22. The molecule has 1 aliphatic rings. The Balaban J connectivity index is 2.02. The molecule has 0 amide bonds. The Morgan fingerprint density at radius 2 is 2.38 bits per heavy atom. The zero-order valence-corrected chi connectivity index (χ0v) is 10.2. The van der Waals surface area contributed by atoms with Gasteiger partial charge in [0.05, 0.1) is 5.69 Å². The van der Waals surface area contributed by atoms with Gasteiger partial charge in [-0.2, -0.15) is 5.10 Å². The molecule has 1 aromatic heterocycles. The fourth-order valence-electron chi connectivity index (χ4n) is 2.36. The van der Waals surface area contributed by atoms with Crippen molar-refractivity contribution in [3.05, 3.63) is 17.5 Å². The summed E-state index contributed by atoms with van der Waals surface area (Å²) >= 11 is 0. The molecule has 0 bridgehead atoms. The van der Waals surface area contributed by atoms with Crippen molar-refractivity contribution in [3.8, 4) is 0 Å². The van der Waals surface area contributed by atoms with E-state index in [1.807, 2.05) is 11.7 Å². The van der Waals surface area contributed by atoms with Crippen LogP contribution in [0.25, 0.3) is 0 Å². The molecule has 0 spiro atoms. The number of nitrogens with one attached hydrogen (secondary N) is 1. The van der Waals surface area contributed by atoms with Gasteiger partial charge in [-0.1, -0.05) is 13.3 Å². The van der Waals surface area contributed by atoms with Crippen LogP contribution in [0.3, 0.4) is 0 Å². The number of aromatic nitrogens is 2. The third-order valence-corrected chi connectivity index (χ3v) is 3.75. The Labute approximate surface area is 97.2 Å². The van der Waals surface area contributed by atoms with Gasteiger partial charge in [0.1, 0.15) is 0 Å². The number of hydrogen-bond donors (Lipinski definition) is 2. The molecule has 4 nitrogen and oxygen atoms in total. The van der Waals surface area contributed by atoms with Crippen molar-refractivity contribution in [1.29, 1.82) is 0 Å². The monoisotopic (exact) mass is 222 g/mol. The predicted octanol–water partition coefficient (Wildman–Crippen LogP) is 1.16. The molecule has 0 saturated heterocycles. The van der Waals surface area contributed by atoms with Crippen LogP contribution in [0.5, 0.6) is 0 Å². The molecular weight excluding hydrogens is 200 g/mol. The number of nitrogens with zero attached hydrogens (tertiary/aromatic N) is 2. The summed E-state index contributed by atoms with van der Waals surface area (Å²) in [7, 11) is 2.02. The van der Waals surface area contributed by atoms with Crippen LogP contribution in [0.2, 0.25) is 0 Å². The van der Waals surface area contributed by atoms with Crippen molar-refractivity contribution in [2.24, 2.45) is 18.8 Å². The van der Waals surface area contributed by atoms with Crippen molar-refractivity contribution < 1.29 is 0 Å². The molecule has 1 aliphatic carbocycles. The van der Waals surface area contributed by atoms with Crippen LogP contribution in [0, 0.1) is 5.92 Å². The summed E-state index contributed by atoms with van der Waals surface area (Å²) in [4.78, 5) is 0. The molecule has 4 heteroatoms. The van der Waals surface area contributed by atoms with Crippen LogP contribution in [-0.4, -0.2) is 15.8 Å². The quantitative estimate of drug-likeness (QED) is 0.580. The molecule has 1 heterocycles.